The summed E-state index contributed by atoms with van der Waals surface area (Å²) in [6, 6.07) is 9.84. The molecule has 0 radical (unpaired) electrons. The van der Waals surface area contributed by atoms with E-state index in [1.165, 1.54) is 12.1 Å². The molecule has 0 atom stereocenters. The molecule has 4 nitrogen and oxygen atoms in total. The molecule has 0 fully saturated rings. The molecule has 1 aromatic carbocycles. The molecule has 5 heteroatoms. The number of hydrogen-bond donors (Lipinski definition) is 0. The van der Waals surface area contributed by atoms with Gasteiger partial charge in [0.05, 0.1) is 11.4 Å². The van der Waals surface area contributed by atoms with Crippen LogP contribution >= 0.6 is 0 Å². The molecule has 0 spiro atoms. The van der Waals surface area contributed by atoms with Crippen molar-refractivity contribution in [3.8, 4) is 0 Å². The predicted molar refractivity (Wildman–Crippen MR) is 75.2 cm³/mol. The Morgan fingerprint density at radius 2 is 1.75 bits per heavy atom. The number of halogens is 1. The van der Waals surface area contributed by atoms with E-state index in [2.05, 4.69) is 15.2 Å². The normalized spacial score (nSPS) is 11.6. The largest absolute Gasteiger partial charge is 0.283 e. The van der Waals surface area contributed by atoms with Gasteiger partial charge >= 0.3 is 0 Å². The lowest BCUT2D eigenvalue weighted by Gasteiger charge is -1.98. The highest BCUT2D eigenvalue weighted by Gasteiger charge is 2.07. The van der Waals surface area contributed by atoms with Crippen molar-refractivity contribution < 1.29 is 4.39 Å². The van der Waals surface area contributed by atoms with E-state index in [1.54, 1.807) is 12.1 Å². The van der Waals surface area contributed by atoms with Crippen molar-refractivity contribution in [3.05, 3.63) is 59.7 Å². The highest BCUT2D eigenvalue weighted by molar-refractivity contribution is 5.52. The van der Waals surface area contributed by atoms with Gasteiger partial charge in [0.2, 0.25) is 0 Å². The monoisotopic (exact) mass is 268 g/mol. The van der Waals surface area contributed by atoms with E-state index in [0.29, 0.717) is 11.5 Å². The van der Waals surface area contributed by atoms with E-state index >= 15 is 0 Å². The summed E-state index contributed by atoms with van der Waals surface area (Å²) in [6.45, 7) is 3.90. The van der Waals surface area contributed by atoms with Crippen LogP contribution in [0.15, 0.2) is 52.8 Å². The van der Waals surface area contributed by atoms with Crippen LogP contribution in [0.1, 0.15) is 11.3 Å². The number of fused-ring (bicyclic) bond motifs is 1. The maximum Gasteiger partial charge on any atom is 0.182 e. The second kappa shape index (κ2) is 4.85. The van der Waals surface area contributed by atoms with Crippen molar-refractivity contribution in [1.29, 1.82) is 0 Å². The molecular weight excluding hydrogens is 255 g/mol. The molecule has 3 rings (SSSR count). The maximum atomic E-state index is 12.8. The molecule has 0 aliphatic carbocycles. The van der Waals surface area contributed by atoms with Crippen molar-refractivity contribution in [1.82, 2.24) is 9.38 Å². The first-order valence-corrected chi connectivity index (χ1v) is 6.26. The van der Waals surface area contributed by atoms with E-state index in [-0.39, 0.29) is 5.82 Å². The lowest BCUT2D eigenvalue weighted by molar-refractivity contribution is 0.628. The van der Waals surface area contributed by atoms with Crippen molar-refractivity contribution in [2.24, 2.45) is 10.2 Å². The van der Waals surface area contributed by atoms with Gasteiger partial charge in [0.25, 0.3) is 0 Å². The third kappa shape index (κ3) is 2.30. The zero-order chi connectivity index (χ0) is 14.1. The van der Waals surface area contributed by atoms with Gasteiger partial charge in [0.15, 0.2) is 5.82 Å². The van der Waals surface area contributed by atoms with E-state index in [4.69, 9.17) is 0 Å². The molecule has 0 amide bonds. The second-order valence-electron chi connectivity index (χ2n) is 4.63. The highest BCUT2D eigenvalue weighted by Crippen LogP contribution is 2.24. The van der Waals surface area contributed by atoms with Gasteiger partial charge in [-0.2, -0.15) is 0 Å². The van der Waals surface area contributed by atoms with Crippen molar-refractivity contribution in [3.63, 3.8) is 0 Å². The minimum atomic E-state index is -0.287. The molecule has 0 saturated carbocycles. The summed E-state index contributed by atoms with van der Waals surface area (Å²) in [4.78, 5) is 4.43. The molecule has 0 aliphatic rings. The smallest absolute Gasteiger partial charge is 0.182 e. The van der Waals surface area contributed by atoms with Crippen molar-refractivity contribution in [2.45, 2.75) is 13.8 Å². The molecule has 100 valence electrons. The summed E-state index contributed by atoms with van der Waals surface area (Å²) in [6.07, 6.45) is 1.97. The topological polar surface area (TPSA) is 42.0 Å². The predicted octanol–water partition coefficient (Wildman–Crippen LogP) is 4.51. The van der Waals surface area contributed by atoms with Crippen LogP contribution in [0.5, 0.6) is 0 Å². The van der Waals surface area contributed by atoms with Crippen molar-refractivity contribution >= 4 is 17.2 Å². The Labute approximate surface area is 115 Å². The SMILES string of the molecule is Cc1ccc2nc(C)c(N=Nc3ccc(F)cc3)n2c1. The molecule has 0 N–H and O–H groups in total. The first-order chi connectivity index (χ1) is 9.63. The molecular formula is C15H13FN4. The quantitative estimate of drug-likeness (QED) is 0.631. The fourth-order valence-electron chi connectivity index (χ4n) is 1.99. The minimum absolute atomic E-state index is 0.287. The number of azo groups is 1. The Balaban J connectivity index is 2.03. The molecule has 0 aliphatic heterocycles. The van der Waals surface area contributed by atoms with Gasteiger partial charge in [-0.1, -0.05) is 6.07 Å². The Morgan fingerprint density at radius 3 is 2.50 bits per heavy atom. The average Bonchev–Trinajstić information content (AvgIpc) is 2.73. The average molecular weight is 268 g/mol. The molecule has 3 aromatic rings. The fourth-order valence-corrected chi connectivity index (χ4v) is 1.99. The maximum absolute atomic E-state index is 12.8. The van der Waals surface area contributed by atoms with E-state index in [9.17, 15) is 4.39 Å². The van der Waals surface area contributed by atoms with Gasteiger partial charge in [0.1, 0.15) is 11.5 Å². The van der Waals surface area contributed by atoms with Crippen LogP contribution in [0.2, 0.25) is 0 Å². The van der Waals surface area contributed by atoms with E-state index < -0.39 is 0 Å². The van der Waals surface area contributed by atoms with Crippen LogP contribution in [0.3, 0.4) is 0 Å². The summed E-state index contributed by atoms with van der Waals surface area (Å²) in [5.74, 6) is 0.401. The van der Waals surface area contributed by atoms with Crippen LogP contribution in [0.4, 0.5) is 15.9 Å². The summed E-state index contributed by atoms with van der Waals surface area (Å²) in [5, 5.41) is 8.37. The number of pyridine rings is 1. The molecule has 0 unspecified atom stereocenters. The second-order valence-corrected chi connectivity index (χ2v) is 4.63. The molecule has 20 heavy (non-hydrogen) atoms. The number of imidazole rings is 1. The van der Waals surface area contributed by atoms with Gasteiger partial charge in [-0.25, -0.2) is 9.37 Å². The van der Waals surface area contributed by atoms with Gasteiger partial charge in [-0.3, -0.25) is 4.40 Å². The summed E-state index contributed by atoms with van der Waals surface area (Å²) < 4.78 is 14.7. The fraction of sp³-hybridized carbons (Fsp3) is 0.133. The summed E-state index contributed by atoms with van der Waals surface area (Å²) in [5.41, 5.74) is 3.36. The van der Waals surface area contributed by atoms with E-state index in [1.807, 2.05) is 36.6 Å². The third-order valence-electron chi connectivity index (χ3n) is 3.00. The number of benzene rings is 1. The molecule has 0 bridgehead atoms. The Hall–Kier alpha value is -2.56. The number of rotatable bonds is 2. The van der Waals surface area contributed by atoms with Crippen LogP contribution in [-0.4, -0.2) is 9.38 Å². The van der Waals surface area contributed by atoms with Crippen molar-refractivity contribution in [2.75, 3.05) is 0 Å². The Bertz CT molecular complexity index is 787. The molecule has 2 heterocycles. The highest BCUT2D eigenvalue weighted by atomic mass is 19.1. The Kier molecular flexibility index (Phi) is 3.02. The third-order valence-corrected chi connectivity index (χ3v) is 3.00. The van der Waals surface area contributed by atoms with Gasteiger partial charge in [-0.15, -0.1) is 10.2 Å². The van der Waals surface area contributed by atoms with Gasteiger partial charge < -0.3 is 0 Å². The Morgan fingerprint density at radius 1 is 1.00 bits per heavy atom. The molecule has 2 aromatic heterocycles. The van der Waals surface area contributed by atoms with Gasteiger partial charge in [0, 0.05) is 6.20 Å². The summed E-state index contributed by atoms with van der Waals surface area (Å²) >= 11 is 0. The standard InChI is InChI=1S/C15H13FN4/c1-10-3-8-14-17-11(2)15(20(14)9-10)19-18-13-6-4-12(16)5-7-13/h3-9H,1-2H3. The number of aryl methyl sites for hydroxylation is 2. The summed E-state index contributed by atoms with van der Waals surface area (Å²) in [7, 11) is 0. The number of nitrogens with zero attached hydrogens (tertiary/aromatic N) is 4. The number of hydrogen-bond acceptors (Lipinski definition) is 3. The lowest BCUT2D eigenvalue weighted by Crippen LogP contribution is -1.84. The lowest BCUT2D eigenvalue weighted by atomic mass is 10.3. The van der Waals surface area contributed by atoms with Crippen LogP contribution in [0, 0.1) is 19.7 Å². The number of aromatic nitrogens is 2. The zero-order valence-corrected chi connectivity index (χ0v) is 11.2. The van der Waals surface area contributed by atoms with Crippen LogP contribution < -0.4 is 0 Å². The van der Waals surface area contributed by atoms with Crippen LogP contribution in [-0.2, 0) is 0 Å². The van der Waals surface area contributed by atoms with Crippen LogP contribution in [0.25, 0.3) is 5.65 Å². The van der Waals surface area contributed by atoms with E-state index in [0.717, 1.165) is 16.9 Å². The zero-order valence-electron chi connectivity index (χ0n) is 11.2. The van der Waals surface area contributed by atoms with Gasteiger partial charge in [-0.05, 0) is 49.7 Å². The first-order valence-electron chi connectivity index (χ1n) is 6.26. The molecule has 0 saturated heterocycles. The minimum Gasteiger partial charge on any atom is -0.283 e. The first kappa shape index (κ1) is 12.5.